The Morgan fingerprint density at radius 3 is 2.57 bits per heavy atom. The summed E-state index contributed by atoms with van der Waals surface area (Å²) >= 11 is 0. The van der Waals surface area contributed by atoms with Gasteiger partial charge in [0.15, 0.2) is 5.96 Å². The largest absolute Gasteiger partial charge is 0.491 e. The van der Waals surface area contributed by atoms with Crippen LogP contribution < -0.4 is 15.4 Å². The summed E-state index contributed by atoms with van der Waals surface area (Å²) in [6.45, 7) is 9.60. The third-order valence-electron chi connectivity index (χ3n) is 4.02. The van der Waals surface area contributed by atoms with Gasteiger partial charge < -0.3 is 24.7 Å². The van der Waals surface area contributed by atoms with Gasteiger partial charge in [0.05, 0.1) is 18.9 Å². The first-order valence-electron chi connectivity index (χ1n) is 9.59. The average Bonchev–Trinajstić information content (AvgIpc) is 3.16. The SMILES string of the molecule is CCN(C)CCN=C(NCCc1ccco1)Nc1ccc(OC(C)C)cc1.I. The molecule has 0 atom stereocenters. The van der Waals surface area contributed by atoms with E-state index in [9.17, 15) is 0 Å². The molecule has 0 bridgehead atoms. The molecule has 0 amide bonds. The van der Waals surface area contributed by atoms with E-state index < -0.39 is 0 Å². The van der Waals surface area contributed by atoms with Gasteiger partial charge in [0.1, 0.15) is 11.5 Å². The lowest BCUT2D eigenvalue weighted by atomic mass is 10.3. The Bertz CT molecular complexity index is 672. The maximum atomic E-state index is 5.69. The van der Waals surface area contributed by atoms with Crippen molar-refractivity contribution in [2.24, 2.45) is 4.99 Å². The molecule has 7 heteroatoms. The predicted molar refractivity (Wildman–Crippen MR) is 127 cm³/mol. The number of hydrogen-bond donors (Lipinski definition) is 2. The molecule has 0 aliphatic rings. The smallest absolute Gasteiger partial charge is 0.195 e. The van der Waals surface area contributed by atoms with Crippen LogP contribution in [0.25, 0.3) is 0 Å². The van der Waals surface area contributed by atoms with Crippen LogP contribution >= 0.6 is 24.0 Å². The van der Waals surface area contributed by atoms with Gasteiger partial charge >= 0.3 is 0 Å². The maximum absolute atomic E-state index is 5.69. The number of rotatable bonds is 10. The molecule has 6 nitrogen and oxygen atoms in total. The van der Waals surface area contributed by atoms with Crippen LogP contribution in [0, 0.1) is 0 Å². The molecule has 28 heavy (non-hydrogen) atoms. The molecule has 0 aliphatic heterocycles. The van der Waals surface area contributed by atoms with Crippen molar-refractivity contribution in [3.8, 4) is 5.75 Å². The van der Waals surface area contributed by atoms with Crippen LogP contribution in [0.5, 0.6) is 5.75 Å². The van der Waals surface area contributed by atoms with Crippen molar-refractivity contribution < 1.29 is 9.15 Å². The van der Waals surface area contributed by atoms with E-state index in [1.165, 1.54) is 0 Å². The molecule has 2 N–H and O–H groups in total. The Morgan fingerprint density at radius 2 is 1.96 bits per heavy atom. The van der Waals surface area contributed by atoms with E-state index in [0.29, 0.717) is 0 Å². The molecular weight excluding hydrogens is 467 g/mol. The van der Waals surface area contributed by atoms with Gasteiger partial charge in [0, 0.05) is 25.2 Å². The van der Waals surface area contributed by atoms with E-state index >= 15 is 0 Å². The van der Waals surface area contributed by atoms with E-state index in [1.807, 2.05) is 50.2 Å². The summed E-state index contributed by atoms with van der Waals surface area (Å²) in [5, 5.41) is 6.74. The van der Waals surface area contributed by atoms with E-state index in [0.717, 1.165) is 55.8 Å². The minimum atomic E-state index is 0. The van der Waals surface area contributed by atoms with Gasteiger partial charge in [0.2, 0.25) is 0 Å². The Hall–Kier alpha value is -1.74. The molecule has 0 spiro atoms. The highest BCUT2D eigenvalue weighted by Gasteiger charge is 2.04. The van der Waals surface area contributed by atoms with Crippen LogP contribution in [-0.4, -0.2) is 50.2 Å². The zero-order valence-electron chi connectivity index (χ0n) is 17.3. The second kappa shape index (κ2) is 13.4. The number of benzene rings is 1. The van der Waals surface area contributed by atoms with Gasteiger partial charge in [-0.05, 0) is 63.8 Å². The highest BCUT2D eigenvalue weighted by atomic mass is 127. The minimum Gasteiger partial charge on any atom is -0.491 e. The zero-order chi connectivity index (χ0) is 19.5. The quantitative estimate of drug-likeness (QED) is 0.291. The van der Waals surface area contributed by atoms with Crippen LogP contribution in [0.15, 0.2) is 52.1 Å². The van der Waals surface area contributed by atoms with Gasteiger partial charge in [-0.25, -0.2) is 0 Å². The molecule has 2 aromatic rings. The number of hydrogen-bond acceptors (Lipinski definition) is 4. The van der Waals surface area contributed by atoms with Crippen molar-refractivity contribution in [1.29, 1.82) is 0 Å². The normalized spacial score (nSPS) is 11.4. The average molecular weight is 500 g/mol. The number of guanidine groups is 1. The number of anilines is 1. The van der Waals surface area contributed by atoms with Crippen molar-refractivity contribution in [1.82, 2.24) is 10.2 Å². The van der Waals surface area contributed by atoms with Crippen molar-refractivity contribution in [2.75, 3.05) is 38.5 Å². The highest BCUT2D eigenvalue weighted by Crippen LogP contribution is 2.16. The van der Waals surface area contributed by atoms with Crippen LogP contribution in [0.3, 0.4) is 0 Å². The number of likely N-dealkylation sites (N-methyl/N-ethyl adjacent to an activating group) is 1. The molecular formula is C21H33IN4O2. The zero-order valence-corrected chi connectivity index (χ0v) is 19.6. The molecule has 1 aromatic carbocycles. The van der Waals surface area contributed by atoms with Crippen molar-refractivity contribution in [2.45, 2.75) is 33.3 Å². The number of furan rings is 1. The lowest BCUT2D eigenvalue weighted by molar-refractivity contribution is 0.242. The molecule has 0 aliphatic carbocycles. The van der Waals surface area contributed by atoms with Gasteiger partial charge in [-0.1, -0.05) is 6.92 Å². The van der Waals surface area contributed by atoms with Gasteiger partial charge in [0.25, 0.3) is 0 Å². The fraction of sp³-hybridized carbons (Fsp3) is 0.476. The Balaban J connectivity index is 0.00000392. The summed E-state index contributed by atoms with van der Waals surface area (Å²) in [4.78, 5) is 6.93. The number of nitrogens with one attached hydrogen (secondary N) is 2. The van der Waals surface area contributed by atoms with E-state index in [1.54, 1.807) is 6.26 Å². The van der Waals surface area contributed by atoms with Crippen LogP contribution in [0.4, 0.5) is 5.69 Å². The monoisotopic (exact) mass is 500 g/mol. The number of aliphatic imine (C=N–C) groups is 1. The molecule has 2 rings (SSSR count). The lowest BCUT2D eigenvalue weighted by Crippen LogP contribution is -2.33. The standard InChI is InChI=1S/C21H32N4O2.HI/c1-5-25(4)15-14-23-21(22-13-12-19-7-6-16-26-19)24-18-8-10-20(11-9-18)27-17(2)3;/h6-11,16-17H,5,12-15H2,1-4H3,(H2,22,23,24);1H. The van der Waals surface area contributed by atoms with E-state index in [2.05, 4.69) is 34.5 Å². The van der Waals surface area contributed by atoms with Crippen molar-refractivity contribution >= 4 is 35.6 Å². The van der Waals surface area contributed by atoms with Crippen molar-refractivity contribution in [3.05, 3.63) is 48.4 Å². The van der Waals surface area contributed by atoms with Gasteiger partial charge in [-0.2, -0.15) is 0 Å². The Labute approximate surface area is 185 Å². The summed E-state index contributed by atoms with van der Waals surface area (Å²) < 4.78 is 11.1. The van der Waals surface area contributed by atoms with Crippen LogP contribution in [0.1, 0.15) is 26.5 Å². The summed E-state index contributed by atoms with van der Waals surface area (Å²) in [5.41, 5.74) is 0.971. The summed E-state index contributed by atoms with van der Waals surface area (Å²) in [6.07, 6.45) is 2.67. The predicted octanol–water partition coefficient (Wildman–Crippen LogP) is 4.24. The number of nitrogens with zero attached hydrogens (tertiary/aromatic N) is 2. The first-order chi connectivity index (χ1) is 13.1. The summed E-state index contributed by atoms with van der Waals surface area (Å²) in [7, 11) is 2.10. The van der Waals surface area contributed by atoms with E-state index in [4.69, 9.17) is 9.15 Å². The molecule has 0 unspecified atom stereocenters. The lowest BCUT2D eigenvalue weighted by Gasteiger charge is -2.15. The third-order valence-corrected chi connectivity index (χ3v) is 4.02. The molecule has 156 valence electrons. The molecule has 1 aromatic heterocycles. The maximum Gasteiger partial charge on any atom is 0.195 e. The second-order valence-electron chi connectivity index (χ2n) is 6.70. The fourth-order valence-corrected chi connectivity index (χ4v) is 2.41. The van der Waals surface area contributed by atoms with Gasteiger partial charge in [-0.15, -0.1) is 24.0 Å². The Morgan fingerprint density at radius 1 is 1.21 bits per heavy atom. The first kappa shape index (κ1) is 24.3. The molecule has 0 fully saturated rings. The Kier molecular flexibility index (Phi) is 11.7. The van der Waals surface area contributed by atoms with Crippen LogP contribution in [-0.2, 0) is 6.42 Å². The second-order valence-corrected chi connectivity index (χ2v) is 6.70. The minimum absolute atomic E-state index is 0. The van der Waals surface area contributed by atoms with Crippen LogP contribution in [0.2, 0.25) is 0 Å². The van der Waals surface area contributed by atoms with E-state index in [-0.39, 0.29) is 30.1 Å². The molecule has 0 saturated carbocycles. The summed E-state index contributed by atoms with van der Waals surface area (Å²) in [5.74, 6) is 2.59. The highest BCUT2D eigenvalue weighted by molar-refractivity contribution is 14.0. The number of ether oxygens (including phenoxy) is 1. The molecule has 0 saturated heterocycles. The summed E-state index contributed by atoms with van der Waals surface area (Å²) in [6, 6.07) is 11.8. The van der Waals surface area contributed by atoms with Gasteiger partial charge in [-0.3, -0.25) is 4.99 Å². The fourth-order valence-electron chi connectivity index (χ4n) is 2.41. The third kappa shape index (κ3) is 9.45. The van der Waals surface area contributed by atoms with Crippen molar-refractivity contribution in [3.63, 3.8) is 0 Å². The molecule has 0 radical (unpaired) electrons. The first-order valence-corrected chi connectivity index (χ1v) is 9.59. The molecule has 1 heterocycles. The topological polar surface area (TPSA) is 62.0 Å². The number of halogens is 1.